The Kier molecular flexibility index (Phi) is 6.32. The van der Waals surface area contributed by atoms with E-state index in [-0.39, 0.29) is 27.2 Å². The number of hydrogen-bond acceptors (Lipinski definition) is 3. The molecular weight excluding hydrogens is 420 g/mol. The molecule has 0 bridgehead atoms. The van der Waals surface area contributed by atoms with Gasteiger partial charge in [0.15, 0.2) is 0 Å². The van der Waals surface area contributed by atoms with Crippen LogP contribution in [-0.2, 0) is 0 Å². The molecule has 21 heavy (non-hydrogen) atoms. The Hall–Kier alpha value is -0.330. The summed E-state index contributed by atoms with van der Waals surface area (Å²) >= 11 is 12.2. The molecule has 3 nitrogen and oxygen atoms in total. The Morgan fingerprint density at radius 3 is 2.76 bits per heavy atom. The second-order valence-electron chi connectivity index (χ2n) is 5.37. The minimum absolute atomic E-state index is 0.210. The van der Waals surface area contributed by atoms with Crippen molar-refractivity contribution in [3.63, 3.8) is 0 Å². The fourth-order valence-electron chi connectivity index (χ4n) is 2.02. The van der Waals surface area contributed by atoms with Crippen LogP contribution in [0.3, 0.4) is 0 Å². The molecule has 0 spiro atoms. The normalized spacial score (nSPS) is 21.3. The summed E-state index contributed by atoms with van der Waals surface area (Å²) in [5.41, 5.74) is 8.33. The van der Waals surface area contributed by atoms with Gasteiger partial charge in [-0.05, 0) is 0 Å². The van der Waals surface area contributed by atoms with Crippen molar-refractivity contribution >= 4 is 34.6 Å². The van der Waals surface area contributed by atoms with Gasteiger partial charge in [-0.15, -0.1) is 0 Å². The van der Waals surface area contributed by atoms with E-state index in [1.54, 1.807) is 6.20 Å². The first-order valence-corrected chi connectivity index (χ1v) is 10.2. The van der Waals surface area contributed by atoms with Crippen molar-refractivity contribution in [2.75, 3.05) is 0 Å². The molecule has 0 saturated heterocycles. The molecule has 116 valence electrons. The van der Waals surface area contributed by atoms with E-state index in [4.69, 9.17) is 33.9 Å². The summed E-state index contributed by atoms with van der Waals surface area (Å²) < 4.78 is 3.94. The fraction of sp³-hybridized carbons (Fsp3) is 0.467. The third-order valence-electron chi connectivity index (χ3n) is 3.08. The molecular formula is C15H19Cl2IN3-. The number of nitrogens with zero attached hydrogens (tertiary/aromatic N) is 2. The first kappa shape index (κ1) is 17.0. The standard InChI is InChI=1S/C15H19Cl2IN3/c1-9(2)20-13(5-10-3-4-10)11(8-19)15-12(16)6-18-7-14(17)21-15/h6-10H,3-5,19H2,1-2H3/q-1. The summed E-state index contributed by atoms with van der Waals surface area (Å²) in [5, 5.41) is 1.11. The van der Waals surface area contributed by atoms with Crippen LogP contribution in [0.1, 0.15) is 33.1 Å². The molecule has 1 aliphatic heterocycles. The van der Waals surface area contributed by atoms with Gasteiger partial charge in [-0.1, -0.05) is 0 Å². The molecule has 1 fully saturated rings. The molecule has 1 aliphatic carbocycles. The summed E-state index contributed by atoms with van der Waals surface area (Å²) in [6.07, 6.45) is 5.02. The minimum atomic E-state index is -0.304. The molecule has 0 amide bonds. The molecule has 1 saturated carbocycles. The Morgan fingerprint density at radius 2 is 2.19 bits per heavy atom. The molecule has 6 heteroatoms. The zero-order chi connectivity index (χ0) is 15.4. The van der Waals surface area contributed by atoms with E-state index in [1.165, 1.54) is 12.8 Å². The van der Waals surface area contributed by atoms with Gasteiger partial charge in [0.2, 0.25) is 0 Å². The van der Waals surface area contributed by atoms with E-state index in [2.05, 4.69) is 18.8 Å². The summed E-state index contributed by atoms with van der Waals surface area (Å²) in [5.74, 6) is 0.713. The zero-order valence-corrected chi connectivity index (χ0v) is 15.8. The van der Waals surface area contributed by atoms with Crippen molar-refractivity contribution < 1.29 is 21.2 Å². The average molecular weight is 439 g/mol. The van der Waals surface area contributed by atoms with Crippen LogP contribution in [0.25, 0.3) is 0 Å². The number of rotatable bonds is 5. The van der Waals surface area contributed by atoms with Crippen LogP contribution in [0, 0.1) is 5.92 Å². The van der Waals surface area contributed by atoms with Gasteiger partial charge in [-0.3, -0.25) is 0 Å². The van der Waals surface area contributed by atoms with Crippen molar-refractivity contribution in [3.8, 4) is 0 Å². The second-order valence-corrected chi connectivity index (χ2v) is 8.13. The molecule has 0 atom stereocenters. The van der Waals surface area contributed by atoms with Gasteiger partial charge in [-0.2, -0.15) is 0 Å². The van der Waals surface area contributed by atoms with Gasteiger partial charge in [0, 0.05) is 0 Å². The molecule has 2 rings (SSSR count). The van der Waals surface area contributed by atoms with Crippen molar-refractivity contribution in [1.29, 1.82) is 0 Å². The van der Waals surface area contributed by atoms with E-state index in [0.717, 1.165) is 17.7 Å². The number of aliphatic imine (C=N–C) groups is 2. The molecule has 0 aromatic rings. The zero-order valence-electron chi connectivity index (χ0n) is 12.1. The average Bonchev–Trinajstić information content (AvgIpc) is 3.21. The molecule has 2 N–H and O–H groups in total. The van der Waals surface area contributed by atoms with Crippen LogP contribution < -0.4 is 26.9 Å². The molecule has 0 aromatic carbocycles. The van der Waals surface area contributed by atoms with Crippen LogP contribution in [0.2, 0.25) is 0 Å². The molecule has 0 aromatic heterocycles. The quantitative estimate of drug-likeness (QED) is 0.390. The van der Waals surface area contributed by atoms with Crippen LogP contribution in [-0.4, -0.2) is 17.5 Å². The Balaban J connectivity index is 2.37. The Labute approximate surface area is 146 Å². The third kappa shape index (κ3) is 5.11. The molecule has 0 unspecified atom stereocenters. The van der Waals surface area contributed by atoms with Crippen molar-refractivity contribution in [3.05, 3.63) is 30.1 Å². The SMILES string of the molecule is CC(C)N=C(CC1CC1)C(=CN)C1=NC(Cl)=C[I-]C=C1Cl. The predicted molar refractivity (Wildman–Crippen MR) is 87.5 cm³/mol. The van der Waals surface area contributed by atoms with Crippen molar-refractivity contribution in [1.82, 2.24) is 0 Å². The number of allylic oxidation sites excluding steroid dienone is 2. The molecule has 0 radical (unpaired) electrons. The summed E-state index contributed by atoms with van der Waals surface area (Å²) in [7, 11) is 0. The molecule has 2 aliphatic rings. The summed E-state index contributed by atoms with van der Waals surface area (Å²) in [6.45, 7) is 4.12. The maximum absolute atomic E-state index is 6.37. The predicted octanol–water partition coefficient (Wildman–Crippen LogP) is 1.14. The monoisotopic (exact) mass is 438 g/mol. The van der Waals surface area contributed by atoms with Gasteiger partial charge >= 0.3 is 147 Å². The van der Waals surface area contributed by atoms with Gasteiger partial charge in [0.25, 0.3) is 0 Å². The van der Waals surface area contributed by atoms with Crippen LogP contribution in [0.5, 0.6) is 0 Å². The second kappa shape index (κ2) is 7.79. The number of halogens is 3. The van der Waals surface area contributed by atoms with E-state index < -0.39 is 0 Å². The van der Waals surface area contributed by atoms with Crippen LogP contribution in [0.15, 0.2) is 40.1 Å². The molecule has 1 heterocycles. The number of nitrogens with two attached hydrogens (primary N) is 1. The third-order valence-corrected chi connectivity index (χ3v) is 6.23. The summed E-state index contributed by atoms with van der Waals surface area (Å²) in [6, 6.07) is 0.210. The first-order chi connectivity index (χ1) is 10.0. The first-order valence-electron chi connectivity index (χ1n) is 6.93. The van der Waals surface area contributed by atoms with E-state index in [9.17, 15) is 0 Å². The maximum atomic E-state index is 6.37. The Bertz CT molecular complexity index is 555. The van der Waals surface area contributed by atoms with Gasteiger partial charge in [0.05, 0.1) is 0 Å². The van der Waals surface area contributed by atoms with E-state index in [1.807, 2.05) is 8.17 Å². The van der Waals surface area contributed by atoms with Gasteiger partial charge < -0.3 is 0 Å². The van der Waals surface area contributed by atoms with Crippen LogP contribution in [0.4, 0.5) is 0 Å². The number of hydrogen-bond donors (Lipinski definition) is 1. The van der Waals surface area contributed by atoms with E-state index >= 15 is 0 Å². The van der Waals surface area contributed by atoms with Crippen molar-refractivity contribution in [2.24, 2.45) is 21.6 Å². The van der Waals surface area contributed by atoms with Gasteiger partial charge in [-0.25, -0.2) is 0 Å². The topological polar surface area (TPSA) is 50.7 Å². The van der Waals surface area contributed by atoms with Crippen LogP contribution >= 0.6 is 23.2 Å². The van der Waals surface area contributed by atoms with Crippen molar-refractivity contribution in [2.45, 2.75) is 39.2 Å². The van der Waals surface area contributed by atoms with E-state index in [0.29, 0.717) is 21.8 Å². The fourth-order valence-corrected chi connectivity index (χ4v) is 4.11. The van der Waals surface area contributed by atoms with Gasteiger partial charge in [0.1, 0.15) is 0 Å². The summed E-state index contributed by atoms with van der Waals surface area (Å²) in [4.78, 5) is 9.17. The Morgan fingerprint density at radius 1 is 1.48 bits per heavy atom.